The molecule has 0 spiro atoms. The minimum absolute atomic E-state index is 0.116. The Hall–Kier alpha value is -0.980. The van der Waals surface area contributed by atoms with Crippen molar-refractivity contribution in [2.75, 3.05) is 6.61 Å². The van der Waals surface area contributed by atoms with E-state index in [1.807, 2.05) is 4.68 Å². The maximum atomic E-state index is 5.75. The van der Waals surface area contributed by atoms with Gasteiger partial charge in [0.2, 0.25) is 0 Å². The number of nitrogens with zero attached hydrogens (tertiary/aromatic N) is 3. The summed E-state index contributed by atoms with van der Waals surface area (Å²) in [5.74, 6) is 6.59. The quantitative estimate of drug-likeness (QED) is 0.568. The molecule has 2 rings (SSSR count). The molecule has 1 aromatic heterocycles. The zero-order valence-corrected chi connectivity index (χ0v) is 10.3. The average Bonchev–Trinajstić information content (AvgIpc) is 2.84. The zero-order valence-electron chi connectivity index (χ0n) is 10.3. The SMILES string of the molecule is CCn1ncnc1CC(NN)C1CCCCO1. The number of hydrogen-bond donors (Lipinski definition) is 2. The van der Waals surface area contributed by atoms with Crippen LogP contribution < -0.4 is 11.3 Å². The Morgan fingerprint density at radius 1 is 1.65 bits per heavy atom. The lowest BCUT2D eigenvalue weighted by Gasteiger charge is -2.29. The van der Waals surface area contributed by atoms with Crippen molar-refractivity contribution < 1.29 is 4.74 Å². The summed E-state index contributed by atoms with van der Waals surface area (Å²) in [6.07, 6.45) is 5.97. The first-order valence-corrected chi connectivity index (χ1v) is 6.29. The molecule has 6 nitrogen and oxygen atoms in total. The standard InChI is InChI=1S/C11H21N5O/c1-2-16-11(13-8-14-16)7-9(15-12)10-5-3-4-6-17-10/h8-10,15H,2-7,12H2,1H3. The van der Waals surface area contributed by atoms with Crippen molar-refractivity contribution in [2.24, 2.45) is 5.84 Å². The second-order valence-electron chi connectivity index (χ2n) is 4.37. The molecule has 1 saturated heterocycles. The monoisotopic (exact) mass is 239 g/mol. The third-order valence-electron chi connectivity index (χ3n) is 3.28. The summed E-state index contributed by atoms with van der Waals surface area (Å²) in [4.78, 5) is 4.27. The lowest BCUT2D eigenvalue weighted by Crippen LogP contribution is -2.48. The highest BCUT2D eigenvalue weighted by Gasteiger charge is 2.25. The molecular formula is C11H21N5O. The summed E-state index contributed by atoms with van der Waals surface area (Å²) < 4.78 is 7.65. The van der Waals surface area contributed by atoms with E-state index in [4.69, 9.17) is 10.6 Å². The van der Waals surface area contributed by atoms with Crippen LogP contribution in [0, 0.1) is 0 Å². The van der Waals surface area contributed by atoms with Crippen LogP contribution in [0.5, 0.6) is 0 Å². The fraction of sp³-hybridized carbons (Fsp3) is 0.818. The molecular weight excluding hydrogens is 218 g/mol. The lowest BCUT2D eigenvalue weighted by atomic mass is 10.00. The molecule has 0 radical (unpaired) electrons. The number of nitrogens with two attached hydrogens (primary N) is 1. The fourth-order valence-corrected chi connectivity index (χ4v) is 2.29. The van der Waals surface area contributed by atoms with Gasteiger partial charge in [0.1, 0.15) is 12.2 Å². The van der Waals surface area contributed by atoms with Gasteiger partial charge >= 0.3 is 0 Å². The zero-order chi connectivity index (χ0) is 12.1. The van der Waals surface area contributed by atoms with Gasteiger partial charge in [-0.2, -0.15) is 5.10 Å². The van der Waals surface area contributed by atoms with E-state index >= 15 is 0 Å². The Labute approximate surface area is 102 Å². The molecule has 96 valence electrons. The molecule has 0 bridgehead atoms. The topological polar surface area (TPSA) is 78.0 Å². The summed E-state index contributed by atoms with van der Waals surface area (Å²) in [5.41, 5.74) is 2.86. The highest BCUT2D eigenvalue weighted by molar-refractivity contribution is 4.92. The average molecular weight is 239 g/mol. The minimum Gasteiger partial charge on any atom is -0.377 e. The van der Waals surface area contributed by atoms with Gasteiger partial charge in [0.15, 0.2) is 0 Å². The molecule has 0 aliphatic carbocycles. The van der Waals surface area contributed by atoms with E-state index in [0.29, 0.717) is 0 Å². The van der Waals surface area contributed by atoms with Crippen molar-refractivity contribution in [1.82, 2.24) is 20.2 Å². The van der Waals surface area contributed by atoms with E-state index in [1.54, 1.807) is 6.33 Å². The second kappa shape index (κ2) is 6.09. The van der Waals surface area contributed by atoms with Crippen LogP contribution in [0.25, 0.3) is 0 Å². The number of hydrogen-bond acceptors (Lipinski definition) is 5. The lowest BCUT2D eigenvalue weighted by molar-refractivity contribution is -0.00801. The summed E-state index contributed by atoms with van der Waals surface area (Å²) >= 11 is 0. The van der Waals surface area contributed by atoms with Gasteiger partial charge in [-0.3, -0.25) is 16.0 Å². The molecule has 1 fully saturated rings. The molecule has 17 heavy (non-hydrogen) atoms. The van der Waals surface area contributed by atoms with Crippen LogP contribution in [-0.2, 0) is 17.7 Å². The predicted octanol–water partition coefficient (Wildman–Crippen LogP) is 0.242. The van der Waals surface area contributed by atoms with Crippen molar-refractivity contribution in [2.45, 2.75) is 51.3 Å². The molecule has 0 aromatic carbocycles. The van der Waals surface area contributed by atoms with Crippen molar-refractivity contribution in [3.63, 3.8) is 0 Å². The van der Waals surface area contributed by atoms with Gasteiger partial charge in [0.25, 0.3) is 0 Å². The Bertz CT molecular complexity index is 334. The van der Waals surface area contributed by atoms with Crippen LogP contribution in [0.15, 0.2) is 6.33 Å². The maximum Gasteiger partial charge on any atom is 0.138 e. The third-order valence-corrected chi connectivity index (χ3v) is 3.28. The van der Waals surface area contributed by atoms with Gasteiger partial charge in [-0.25, -0.2) is 4.98 Å². The van der Waals surface area contributed by atoms with E-state index in [1.165, 1.54) is 6.42 Å². The van der Waals surface area contributed by atoms with Gasteiger partial charge in [0, 0.05) is 19.6 Å². The van der Waals surface area contributed by atoms with E-state index in [-0.39, 0.29) is 12.1 Å². The van der Waals surface area contributed by atoms with E-state index in [2.05, 4.69) is 22.4 Å². The van der Waals surface area contributed by atoms with Gasteiger partial charge < -0.3 is 4.74 Å². The van der Waals surface area contributed by atoms with Gasteiger partial charge in [0.05, 0.1) is 12.1 Å². The molecule has 1 aliphatic heterocycles. The van der Waals surface area contributed by atoms with Crippen LogP contribution in [0.3, 0.4) is 0 Å². The highest BCUT2D eigenvalue weighted by Crippen LogP contribution is 2.17. The summed E-state index contributed by atoms with van der Waals surface area (Å²) in [6, 6.07) is 0.116. The number of aryl methyl sites for hydroxylation is 1. The first-order valence-electron chi connectivity index (χ1n) is 6.29. The first-order chi connectivity index (χ1) is 8.35. The Balaban J connectivity index is 1.98. The number of ether oxygens (including phenoxy) is 1. The van der Waals surface area contributed by atoms with Gasteiger partial charge in [-0.05, 0) is 26.2 Å². The normalized spacial score (nSPS) is 22.6. The van der Waals surface area contributed by atoms with Crippen molar-refractivity contribution in [3.05, 3.63) is 12.2 Å². The predicted molar refractivity (Wildman–Crippen MR) is 64.1 cm³/mol. The van der Waals surface area contributed by atoms with Crippen LogP contribution in [0.2, 0.25) is 0 Å². The van der Waals surface area contributed by atoms with E-state index < -0.39 is 0 Å². The van der Waals surface area contributed by atoms with Crippen LogP contribution in [0.1, 0.15) is 32.0 Å². The van der Waals surface area contributed by atoms with Crippen LogP contribution in [0.4, 0.5) is 0 Å². The molecule has 2 atom stereocenters. The molecule has 2 unspecified atom stereocenters. The Morgan fingerprint density at radius 3 is 3.18 bits per heavy atom. The Kier molecular flexibility index (Phi) is 4.47. The first kappa shape index (κ1) is 12.5. The molecule has 3 N–H and O–H groups in total. The van der Waals surface area contributed by atoms with E-state index in [9.17, 15) is 0 Å². The van der Waals surface area contributed by atoms with Gasteiger partial charge in [-0.15, -0.1) is 0 Å². The second-order valence-corrected chi connectivity index (χ2v) is 4.37. The molecule has 0 saturated carbocycles. The molecule has 1 aliphatic rings. The Morgan fingerprint density at radius 2 is 2.53 bits per heavy atom. The number of nitrogens with one attached hydrogen (secondary N) is 1. The van der Waals surface area contributed by atoms with Crippen LogP contribution in [-0.4, -0.2) is 33.5 Å². The number of rotatable bonds is 5. The molecule has 0 amide bonds. The summed E-state index contributed by atoms with van der Waals surface area (Å²) in [7, 11) is 0. The maximum absolute atomic E-state index is 5.75. The molecule has 1 aromatic rings. The van der Waals surface area contributed by atoms with Crippen molar-refractivity contribution >= 4 is 0 Å². The summed E-state index contributed by atoms with van der Waals surface area (Å²) in [6.45, 7) is 3.72. The number of aromatic nitrogens is 3. The molecule has 6 heteroatoms. The summed E-state index contributed by atoms with van der Waals surface area (Å²) in [5, 5.41) is 4.16. The van der Waals surface area contributed by atoms with Crippen molar-refractivity contribution in [1.29, 1.82) is 0 Å². The fourth-order valence-electron chi connectivity index (χ4n) is 2.29. The van der Waals surface area contributed by atoms with Gasteiger partial charge in [-0.1, -0.05) is 0 Å². The largest absolute Gasteiger partial charge is 0.377 e. The smallest absolute Gasteiger partial charge is 0.138 e. The minimum atomic E-state index is 0.116. The van der Waals surface area contributed by atoms with E-state index in [0.717, 1.165) is 38.2 Å². The molecule has 2 heterocycles. The number of hydrazine groups is 1. The highest BCUT2D eigenvalue weighted by atomic mass is 16.5. The third kappa shape index (κ3) is 3.02. The van der Waals surface area contributed by atoms with Crippen LogP contribution >= 0.6 is 0 Å². The van der Waals surface area contributed by atoms with Crippen molar-refractivity contribution in [3.8, 4) is 0 Å².